The summed E-state index contributed by atoms with van der Waals surface area (Å²) < 4.78 is 0. The molecule has 0 bridgehead atoms. The average Bonchev–Trinajstić information content (AvgIpc) is 3.05. The van der Waals surface area contributed by atoms with E-state index in [2.05, 4.69) is 43.2 Å². The largest absolute Gasteiger partial charge is 0.361 e. The number of halogens is 1. The van der Waals surface area contributed by atoms with Gasteiger partial charge in [-0.15, -0.1) is 12.4 Å². The summed E-state index contributed by atoms with van der Waals surface area (Å²) in [6.07, 6.45) is 6.92. The molecule has 5 heteroatoms. The van der Waals surface area contributed by atoms with Crippen molar-refractivity contribution in [1.29, 1.82) is 0 Å². The Labute approximate surface area is 162 Å². The third-order valence-electron chi connectivity index (χ3n) is 5.69. The van der Waals surface area contributed by atoms with Crippen LogP contribution in [0.15, 0.2) is 24.4 Å². The van der Waals surface area contributed by atoms with Crippen LogP contribution in [0.2, 0.25) is 0 Å². The molecule has 1 aromatic carbocycles. The van der Waals surface area contributed by atoms with Gasteiger partial charge in [0.2, 0.25) is 5.91 Å². The first kappa shape index (κ1) is 20.8. The number of hydrogen-bond acceptors (Lipinski definition) is 2. The minimum absolute atomic E-state index is 0. The highest BCUT2D eigenvalue weighted by molar-refractivity contribution is 5.87. The van der Waals surface area contributed by atoms with Gasteiger partial charge in [0.25, 0.3) is 0 Å². The SMILES string of the molecule is CCCC(C)(N)C(=O)N1CCC(c2c[nH]c3c(CC)cccc23)CC1.Cl. The molecule has 0 spiro atoms. The van der Waals surface area contributed by atoms with E-state index in [1.807, 2.05) is 11.8 Å². The van der Waals surface area contributed by atoms with Crippen LogP contribution in [0.3, 0.4) is 0 Å². The van der Waals surface area contributed by atoms with E-state index in [1.54, 1.807) is 0 Å². The molecule has 26 heavy (non-hydrogen) atoms. The first-order valence-electron chi connectivity index (χ1n) is 9.65. The summed E-state index contributed by atoms with van der Waals surface area (Å²) in [6, 6.07) is 6.57. The molecule has 144 valence electrons. The summed E-state index contributed by atoms with van der Waals surface area (Å²) in [5.74, 6) is 0.625. The number of likely N-dealkylation sites (tertiary alicyclic amines) is 1. The van der Waals surface area contributed by atoms with Gasteiger partial charge in [0.1, 0.15) is 0 Å². The molecule has 1 amide bonds. The number of fused-ring (bicyclic) bond motifs is 1. The molecule has 3 N–H and O–H groups in total. The molecule has 0 saturated carbocycles. The molecule has 1 atom stereocenters. The Bertz CT molecular complexity index is 745. The molecule has 3 rings (SSSR count). The minimum Gasteiger partial charge on any atom is -0.361 e. The zero-order valence-electron chi connectivity index (χ0n) is 16.2. The van der Waals surface area contributed by atoms with Crippen molar-refractivity contribution < 1.29 is 4.79 Å². The van der Waals surface area contributed by atoms with Crippen LogP contribution in [0.25, 0.3) is 10.9 Å². The molecular weight excluding hydrogens is 346 g/mol. The van der Waals surface area contributed by atoms with E-state index in [-0.39, 0.29) is 18.3 Å². The standard InChI is InChI=1S/C21H31N3O.ClH/c1-4-11-21(3,22)20(25)24-12-9-16(10-13-24)18-14-23-19-15(5-2)7-6-8-17(18)19;/h6-8,14,16,23H,4-5,9-13,22H2,1-3H3;1H. The van der Waals surface area contributed by atoms with Gasteiger partial charge in [-0.25, -0.2) is 0 Å². The molecule has 0 radical (unpaired) electrons. The molecule has 1 fully saturated rings. The van der Waals surface area contributed by atoms with Crippen LogP contribution in [0.5, 0.6) is 0 Å². The fourth-order valence-electron chi connectivity index (χ4n) is 4.25. The van der Waals surface area contributed by atoms with Crippen LogP contribution in [-0.2, 0) is 11.2 Å². The third kappa shape index (κ3) is 3.91. The summed E-state index contributed by atoms with van der Waals surface area (Å²) in [4.78, 5) is 18.1. The van der Waals surface area contributed by atoms with E-state index in [4.69, 9.17) is 5.73 Å². The lowest BCUT2D eigenvalue weighted by Crippen LogP contribution is -2.54. The van der Waals surface area contributed by atoms with Gasteiger partial charge >= 0.3 is 0 Å². The minimum atomic E-state index is -0.724. The van der Waals surface area contributed by atoms with E-state index in [0.29, 0.717) is 5.92 Å². The number of rotatable bonds is 5. The summed E-state index contributed by atoms with van der Waals surface area (Å²) in [5.41, 5.74) is 9.57. The predicted molar refractivity (Wildman–Crippen MR) is 111 cm³/mol. The number of carbonyl (C=O) groups is 1. The Morgan fingerprint density at radius 1 is 1.31 bits per heavy atom. The van der Waals surface area contributed by atoms with Crippen molar-refractivity contribution in [1.82, 2.24) is 9.88 Å². The van der Waals surface area contributed by atoms with E-state index in [1.165, 1.54) is 22.0 Å². The fourth-order valence-corrected chi connectivity index (χ4v) is 4.25. The number of aromatic amines is 1. The smallest absolute Gasteiger partial charge is 0.242 e. The van der Waals surface area contributed by atoms with Crippen molar-refractivity contribution in [2.24, 2.45) is 5.73 Å². The number of amides is 1. The molecule has 2 heterocycles. The molecule has 1 aromatic heterocycles. The highest BCUT2D eigenvalue weighted by atomic mass is 35.5. The first-order valence-corrected chi connectivity index (χ1v) is 9.65. The molecule has 1 aliphatic rings. The van der Waals surface area contributed by atoms with E-state index in [9.17, 15) is 4.79 Å². The zero-order valence-corrected chi connectivity index (χ0v) is 17.0. The lowest BCUT2D eigenvalue weighted by atomic mass is 9.87. The van der Waals surface area contributed by atoms with Gasteiger partial charge in [-0.3, -0.25) is 4.79 Å². The van der Waals surface area contributed by atoms with Crippen molar-refractivity contribution in [3.05, 3.63) is 35.5 Å². The highest BCUT2D eigenvalue weighted by Crippen LogP contribution is 2.34. The summed E-state index contributed by atoms with van der Waals surface area (Å²) >= 11 is 0. The molecular formula is C21H32ClN3O. The number of H-pyrrole nitrogens is 1. The van der Waals surface area contributed by atoms with Crippen LogP contribution >= 0.6 is 12.4 Å². The maximum Gasteiger partial charge on any atom is 0.242 e. The van der Waals surface area contributed by atoms with Gasteiger partial charge in [-0.1, -0.05) is 38.5 Å². The molecule has 1 unspecified atom stereocenters. The van der Waals surface area contributed by atoms with Gasteiger partial charge in [0, 0.05) is 30.2 Å². The second-order valence-corrected chi connectivity index (χ2v) is 7.67. The van der Waals surface area contributed by atoms with Crippen LogP contribution in [-0.4, -0.2) is 34.4 Å². The Morgan fingerprint density at radius 3 is 2.62 bits per heavy atom. The van der Waals surface area contributed by atoms with E-state index in [0.717, 1.165) is 45.2 Å². The maximum atomic E-state index is 12.7. The lowest BCUT2D eigenvalue weighted by molar-refractivity contribution is -0.137. The van der Waals surface area contributed by atoms with Crippen molar-refractivity contribution in [2.45, 2.75) is 64.3 Å². The quantitative estimate of drug-likeness (QED) is 0.812. The van der Waals surface area contributed by atoms with Gasteiger partial charge < -0.3 is 15.6 Å². The number of aromatic nitrogens is 1. The number of hydrogen-bond donors (Lipinski definition) is 2. The average molecular weight is 378 g/mol. The van der Waals surface area contributed by atoms with Crippen LogP contribution in [0.1, 0.15) is 63.5 Å². The maximum absolute atomic E-state index is 12.7. The number of piperidine rings is 1. The highest BCUT2D eigenvalue weighted by Gasteiger charge is 2.34. The van der Waals surface area contributed by atoms with Gasteiger partial charge in [0.15, 0.2) is 0 Å². The molecule has 1 saturated heterocycles. The predicted octanol–water partition coefficient (Wildman–Crippen LogP) is 4.38. The lowest BCUT2D eigenvalue weighted by Gasteiger charge is -2.37. The third-order valence-corrected chi connectivity index (χ3v) is 5.69. The van der Waals surface area contributed by atoms with Crippen LogP contribution < -0.4 is 5.73 Å². The zero-order chi connectivity index (χ0) is 18.0. The summed E-state index contributed by atoms with van der Waals surface area (Å²) in [7, 11) is 0. The summed E-state index contributed by atoms with van der Waals surface area (Å²) in [5, 5.41) is 1.35. The van der Waals surface area contributed by atoms with E-state index >= 15 is 0 Å². The monoisotopic (exact) mass is 377 g/mol. The topological polar surface area (TPSA) is 62.1 Å². The Morgan fingerprint density at radius 2 is 2.00 bits per heavy atom. The first-order chi connectivity index (χ1) is 12.0. The normalized spacial score (nSPS) is 17.8. The molecule has 1 aliphatic heterocycles. The Balaban J connectivity index is 0.00000243. The summed E-state index contributed by atoms with van der Waals surface area (Å²) in [6.45, 7) is 7.75. The molecule has 2 aromatic rings. The second-order valence-electron chi connectivity index (χ2n) is 7.67. The van der Waals surface area contributed by atoms with Gasteiger partial charge in [0.05, 0.1) is 5.54 Å². The molecule has 0 aliphatic carbocycles. The van der Waals surface area contributed by atoms with Gasteiger partial charge in [-0.05, 0) is 49.7 Å². The number of nitrogens with one attached hydrogen (secondary N) is 1. The fraction of sp³-hybridized carbons (Fsp3) is 0.571. The number of benzene rings is 1. The van der Waals surface area contributed by atoms with E-state index < -0.39 is 5.54 Å². The van der Waals surface area contributed by atoms with Crippen LogP contribution in [0, 0.1) is 0 Å². The number of nitrogens with zero attached hydrogens (tertiary/aromatic N) is 1. The van der Waals surface area contributed by atoms with Gasteiger partial charge in [-0.2, -0.15) is 0 Å². The van der Waals surface area contributed by atoms with Crippen molar-refractivity contribution >= 4 is 29.2 Å². The molecule has 4 nitrogen and oxygen atoms in total. The Hall–Kier alpha value is -1.52. The van der Waals surface area contributed by atoms with Crippen LogP contribution in [0.4, 0.5) is 0 Å². The number of para-hydroxylation sites is 1. The Kier molecular flexibility index (Phi) is 6.75. The van der Waals surface area contributed by atoms with Crippen molar-refractivity contribution in [2.75, 3.05) is 13.1 Å². The second kappa shape index (κ2) is 8.45. The number of carbonyl (C=O) groups excluding carboxylic acids is 1. The number of aryl methyl sites for hydroxylation is 1. The van der Waals surface area contributed by atoms with Crippen molar-refractivity contribution in [3.63, 3.8) is 0 Å². The van der Waals surface area contributed by atoms with Crippen molar-refractivity contribution in [3.8, 4) is 0 Å². The number of nitrogens with two attached hydrogens (primary N) is 1.